The van der Waals surface area contributed by atoms with Gasteiger partial charge in [-0.25, -0.2) is 0 Å². The average Bonchev–Trinajstić information content (AvgIpc) is 2.42. The molecule has 1 aromatic rings. The van der Waals surface area contributed by atoms with Crippen LogP contribution in [0.15, 0.2) is 29.2 Å². The Balaban J connectivity index is 2.17. The molecule has 7 nitrogen and oxygen atoms in total. The monoisotopic (exact) mass is 342 g/mol. The van der Waals surface area contributed by atoms with Crippen molar-refractivity contribution in [3.63, 3.8) is 0 Å². The third kappa shape index (κ3) is 3.53. The van der Waals surface area contributed by atoms with Crippen LogP contribution in [-0.2, 0) is 33.4 Å². The highest BCUT2D eigenvalue weighted by atomic mass is 32.2. The molecule has 0 N–H and O–H groups in total. The molecular formula is C15H18O7S. The summed E-state index contributed by atoms with van der Waals surface area (Å²) in [6, 6.07) is 5.99. The maximum Gasteiger partial charge on any atom is 0.328 e. The lowest BCUT2D eigenvalue weighted by molar-refractivity contribution is -0.251. The minimum atomic E-state index is -4.11. The van der Waals surface area contributed by atoms with Gasteiger partial charge in [-0.15, -0.1) is 0 Å². The Bertz CT molecular complexity index is 712. The molecule has 1 aromatic carbocycles. The summed E-state index contributed by atoms with van der Waals surface area (Å²) in [5, 5.41) is 0. The Hall–Kier alpha value is -1.93. The summed E-state index contributed by atoms with van der Waals surface area (Å²) in [4.78, 5) is 24.0. The topological polar surface area (TPSA) is 96.0 Å². The first-order valence-corrected chi connectivity index (χ1v) is 8.30. The van der Waals surface area contributed by atoms with E-state index in [0.29, 0.717) is 0 Å². The molecule has 0 aliphatic carbocycles. The van der Waals surface area contributed by atoms with Crippen molar-refractivity contribution < 1.29 is 31.7 Å². The van der Waals surface area contributed by atoms with Crippen molar-refractivity contribution in [1.82, 2.24) is 0 Å². The van der Waals surface area contributed by atoms with Crippen LogP contribution in [0.4, 0.5) is 0 Å². The van der Waals surface area contributed by atoms with Gasteiger partial charge in [0.05, 0.1) is 11.5 Å². The molecule has 0 bridgehead atoms. The number of aryl methyl sites for hydroxylation is 1. The van der Waals surface area contributed by atoms with Crippen molar-refractivity contribution in [1.29, 1.82) is 0 Å². The molecule has 2 rings (SSSR count). The standard InChI is InChI=1S/C15H18O7S/c1-10-5-7-11(8-6-10)23(18,19)20-9-15(4)12(16)21-14(2,3)22-13(15)17/h5-8H,9H2,1-4H3. The molecule has 0 unspecified atom stereocenters. The quantitative estimate of drug-likeness (QED) is 0.465. The van der Waals surface area contributed by atoms with E-state index < -0.39 is 39.9 Å². The molecule has 8 heteroatoms. The second kappa shape index (κ2) is 5.61. The first kappa shape index (κ1) is 17.4. The molecule has 0 saturated carbocycles. The zero-order valence-electron chi connectivity index (χ0n) is 13.3. The average molecular weight is 342 g/mol. The molecule has 1 aliphatic rings. The summed E-state index contributed by atoms with van der Waals surface area (Å²) in [7, 11) is -4.11. The van der Waals surface area contributed by atoms with Gasteiger partial charge in [0.2, 0.25) is 0 Å². The van der Waals surface area contributed by atoms with Gasteiger partial charge in [-0.2, -0.15) is 8.42 Å². The highest BCUT2D eigenvalue weighted by Crippen LogP contribution is 2.33. The third-order valence-corrected chi connectivity index (χ3v) is 4.67. The molecule has 0 spiro atoms. The van der Waals surface area contributed by atoms with Crippen LogP contribution in [0.5, 0.6) is 0 Å². The lowest BCUT2D eigenvalue weighted by Crippen LogP contribution is -2.54. The zero-order chi connectivity index (χ0) is 17.5. The van der Waals surface area contributed by atoms with Gasteiger partial charge in [0.15, 0.2) is 5.41 Å². The Kier molecular flexibility index (Phi) is 4.25. The molecule has 1 fully saturated rings. The second-order valence-corrected chi connectivity index (χ2v) is 7.66. The van der Waals surface area contributed by atoms with Crippen molar-refractivity contribution in [3.05, 3.63) is 29.8 Å². The van der Waals surface area contributed by atoms with Gasteiger partial charge in [-0.1, -0.05) is 17.7 Å². The first-order valence-electron chi connectivity index (χ1n) is 6.89. The van der Waals surface area contributed by atoms with Crippen LogP contribution in [0.2, 0.25) is 0 Å². The van der Waals surface area contributed by atoms with E-state index in [4.69, 9.17) is 13.7 Å². The van der Waals surface area contributed by atoms with Crippen molar-refractivity contribution >= 4 is 22.1 Å². The Morgan fingerprint density at radius 3 is 1.96 bits per heavy atom. The summed E-state index contributed by atoms with van der Waals surface area (Å²) in [5.41, 5.74) is -0.953. The van der Waals surface area contributed by atoms with Gasteiger partial charge in [-0.05, 0) is 26.0 Å². The normalized spacial score (nSPS) is 19.8. The van der Waals surface area contributed by atoms with Crippen LogP contribution in [0.25, 0.3) is 0 Å². The minimum Gasteiger partial charge on any atom is -0.422 e. The molecule has 1 aliphatic heterocycles. The van der Waals surface area contributed by atoms with E-state index in [2.05, 4.69) is 0 Å². The molecular weight excluding hydrogens is 324 g/mol. The van der Waals surface area contributed by atoms with E-state index >= 15 is 0 Å². The van der Waals surface area contributed by atoms with Crippen LogP contribution in [0.1, 0.15) is 26.3 Å². The Morgan fingerprint density at radius 2 is 1.48 bits per heavy atom. The highest BCUT2D eigenvalue weighted by molar-refractivity contribution is 7.86. The molecule has 1 saturated heterocycles. The molecule has 0 radical (unpaired) electrons. The zero-order valence-corrected chi connectivity index (χ0v) is 14.1. The molecule has 0 atom stereocenters. The molecule has 0 aromatic heterocycles. The predicted octanol–water partition coefficient (Wildman–Crippen LogP) is 1.54. The summed E-state index contributed by atoms with van der Waals surface area (Å²) in [6.07, 6.45) is 0. The largest absolute Gasteiger partial charge is 0.422 e. The number of ether oxygens (including phenoxy) is 2. The maximum absolute atomic E-state index is 12.1. The number of hydrogen-bond acceptors (Lipinski definition) is 7. The SMILES string of the molecule is Cc1ccc(S(=O)(=O)OCC2(C)C(=O)OC(C)(C)OC2=O)cc1. The number of benzene rings is 1. The number of carbonyl (C=O) groups is 2. The molecule has 23 heavy (non-hydrogen) atoms. The predicted molar refractivity (Wildman–Crippen MR) is 78.7 cm³/mol. The minimum absolute atomic E-state index is 0.0652. The van der Waals surface area contributed by atoms with E-state index in [1.54, 1.807) is 12.1 Å². The van der Waals surface area contributed by atoms with E-state index in [1.807, 2.05) is 6.92 Å². The summed E-state index contributed by atoms with van der Waals surface area (Å²) in [6.45, 7) is 5.15. The lowest BCUT2D eigenvalue weighted by atomic mass is 9.91. The molecule has 126 valence electrons. The molecule has 0 amide bonds. The Morgan fingerprint density at radius 1 is 1.00 bits per heavy atom. The van der Waals surface area contributed by atoms with Gasteiger partial charge in [0, 0.05) is 13.8 Å². The Labute approximate surface area is 134 Å². The van der Waals surface area contributed by atoms with Crippen molar-refractivity contribution in [2.24, 2.45) is 5.41 Å². The van der Waals surface area contributed by atoms with E-state index in [9.17, 15) is 18.0 Å². The summed E-state index contributed by atoms with van der Waals surface area (Å²) in [5.74, 6) is -3.17. The smallest absolute Gasteiger partial charge is 0.328 e. The van der Waals surface area contributed by atoms with Crippen molar-refractivity contribution in [2.45, 2.75) is 38.4 Å². The fourth-order valence-corrected chi connectivity index (χ4v) is 2.86. The van der Waals surface area contributed by atoms with Crippen molar-refractivity contribution in [2.75, 3.05) is 6.61 Å². The number of carbonyl (C=O) groups excluding carboxylic acids is 2. The van der Waals surface area contributed by atoms with Gasteiger partial charge in [-0.3, -0.25) is 13.8 Å². The van der Waals surface area contributed by atoms with Gasteiger partial charge in [0.1, 0.15) is 0 Å². The van der Waals surface area contributed by atoms with Crippen LogP contribution in [-0.4, -0.2) is 32.8 Å². The number of rotatable bonds is 4. The second-order valence-electron chi connectivity index (χ2n) is 6.04. The van der Waals surface area contributed by atoms with Crippen molar-refractivity contribution in [3.8, 4) is 0 Å². The van der Waals surface area contributed by atoms with E-state index in [0.717, 1.165) is 5.56 Å². The fourth-order valence-electron chi connectivity index (χ4n) is 1.86. The number of esters is 2. The van der Waals surface area contributed by atoms with Crippen LogP contribution in [0.3, 0.4) is 0 Å². The van der Waals surface area contributed by atoms with Crippen LogP contribution >= 0.6 is 0 Å². The highest BCUT2D eigenvalue weighted by Gasteiger charge is 2.54. The van der Waals surface area contributed by atoms with Gasteiger partial charge in [0.25, 0.3) is 15.9 Å². The fraction of sp³-hybridized carbons (Fsp3) is 0.467. The number of hydrogen-bond donors (Lipinski definition) is 0. The van der Waals surface area contributed by atoms with Gasteiger partial charge >= 0.3 is 11.9 Å². The van der Waals surface area contributed by atoms with E-state index in [-0.39, 0.29) is 4.90 Å². The first-order chi connectivity index (χ1) is 10.5. The number of cyclic esters (lactones) is 2. The van der Waals surface area contributed by atoms with Crippen LogP contribution < -0.4 is 0 Å². The van der Waals surface area contributed by atoms with Crippen LogP contribution in [0, 0.1) is 12.3 Å². The van der Waals surface area contributed by atoms with Gasteiger partial charge < -0.3 is 9.47 Å². The third-order valence-electron chi connectivity index (χ3n) is 3.39. The maximum atomic E-state index is 12.1. The summed E-state index contributed by atoms with van der Waals surface area (Å²) < 4.78 is 39.1. The van der Waals surface area contributed by atoms with E-state index in [1.165, 1.54) is 32.9 Å². The summed E-state index contributed by atoms with van der Waals surface area (Å²) >= 11 is 0. The molecule has 1 heterocycles. The lowest BCUT2D eigenvalue weighted by Gasteiger charge is -2.37.